The Kier molecular flexibility index (Phi) is 3.38. The molecule has 2 rings (SSSR count). The second-order valence-corrected chi connectivity index (χ2v) is 5.37. The quantitative estimate of drug-likeness (QED) is 0.791. The number of rotatable bonds is 6. The molecule has 0 aliphatic heterocycles. The molecule has 1 saturated carbocycles. The molecule has 1 aliphatic carbocycles. The van der Waals surface area contributed by atoms with E-state index in [1.54, 1.807) is 6.26 Å². The molecule has 0 radical (unpaired) electrons. The van der Waals surface area contributed by atoms with Crippen LogP contribution in [-0.2, 0) is 0 Å². The maximum atomic E-state index is 5.47. The third kappa shape index (κ3) is 2.32. The van der Waals surface area contributed by atoms with Gasteiger partial charge in [-0.3, -0.25) is 0 Å². The van der Waals surface area contributed by atoms with Crippen molar-refractivity contribution in [1.29, 1.82) is 0 Å². The fourth-order valence-corrected chi connectivity index (χ4v) is 2.38. The van der Waals surface area contributed by atoms with E-state index in [9.17, 15) is 0 Å². The lowest BCUT2D eigenvalue weighted by Crippen LogP contribution is -2.30. The lowest BCUT2D eigenvalue weighted by molar-refractivity contribution is 0.303. The Bertz CT molecular complexity index is 311. The molecule has 1 aromatic rings. The van der Waals surface area contributed by atoms with Crippen LogP contribution < -0.4 is 5.32 Å². The Balaban J connectivity index is 1.89. The van der Waals surface area contributed by atoms with E-state index in [1.807, 2.05) is 6.07 Å². The summed E-state index contributed by atoms with van der Waals surface area (Å²) >= 11 is 0. The summed E-state index contributed by atoms with van der Waals surface area (Å²) in [6.45, 7) is 8.00. The zero-order chi connectivity index (χ0) is 11.6. The van der Waals surface area contributed by atoms with Crippen molar-refractivity contribution in [3.8, 4) is 0 Å². The normalized spacial score (nSPS) is 20.0. The molecule has 1 aromatic heterocycles. The molecule has 1 atom stereocenters. The number of hydrogen-bond donors (Lipinski definition) is 1. The summed E-state index contributed by atoms with van der Waals surface area (Å²) in [6, 6.07) is 4.41. The maximum Gasteiger partial charge on any atom is 0.120 e. The average molecular weight is 221 g/mol. The standard InChI is InChI=1S/C14H23NO/c1-4-12(13-6-5-9-16-13)15-10-14(7-8-14)11(2)3/h5-6,9,11-12,15H,4,7-8,10H2,1-3H3. The molecular weight excluding hydrogens is 198 g/mol. The van der Waals surface area contributed by atoms with Crippen LogP contribution >= 0.6 is 0 Å². The van der Waals surface area contributed by atoms with E-state index in [0.717, 1.165) is 24.6 Å². The van der Waals surface area contributed by atoms with Gasteiger partial charge in [0.1, 0.15) is 5.76 Å². The minimum Gasteiger partial charge on any atom is -0.468 e. The Morgan fingerprint density at radius 1 is 1.44 bits per heavy atom. The van der Waals surface area contributed by atoms with Crippen LogP contribution in [0.5, 0.6) is 0 Å². The first-order valence-electron chi connectivity index (χ1n) is 6.45. The molecule has 2 heteroatoms. The summed E-state index contributed by atoms with van der Waals surface area (Å²) in [6.07, 6.45) is 5.61. The van der Waals surface area contributed by atoms with Gasteiger partial charge in [-0.25, -0.2) is 0 Å². The first kappa shape index (κ1) is 11.7. The highest BCUT2D eigenvalue weighted by Crippen LogP contribution is 2.51. The molecule has 0 saturated heterocycles. The van der Waals surface area contributed by atoms with Crippen LogP contribution in [0.2, 0.25) is 0 Å². The van der Waals surface area contributed by atoms with Gasteiger partial charge in [-0.2, -0.15) is 0 Å². The second-order valence-electron chi connectivity index (χ2n) is 5.37. The van der Waals surface area contributed by atoms with Gasteiger partial charge >= 0.3 is 0 Å². The summed E-state index contributed by atoms with van der Waals surface area (Å²) in [7, 11) is 0. The van der Waals surface area contributed by atoms with Crippen LogP contribution in [0.4, 0.5) is 0 Å². The average Bonchev–Trinajstić information content (AvgIpc) is 2.87. The largest absolute Gasteiger partial charge is 0.468 e. The minimum atomic E-state index is 0.381. The van der Waals surface area contributed by atoms with Crippen LogP contribution in [0.3, 0.4) is 0 Å². The second kappa shape index (κ2) is 4.62. The van der Waals surface area contributed by atoms with Gasteiger partial charge in [-0.1, -0.05) is 20.8 Å². The van der Waals surface area contributed by atoms with Crippen LogP contribution in [0.1, 0.15) is 51.8 Å². The molecule has 1 fully saturated rings. The smallest absolute Gasteiger partial charge is 0.120 e. The molecule has 2 nitrogen and oxygen atoms in total. The molecule has 0 aromatic carbocycles. The first-order valence-corrected chi connectivity index (χ1v) is 6.45. The molecule has 16 heavy (non-hydrogen) atoms. The van der Waals surface area contributed by atoms with Crippen LogP contribution in [0, 0.1) is 11.3 Å². The molecule has 1 heterocycles. The Labute approximate surface area is 98.4 Å². The molecule has 0 bridgehead atoms. The van der Waals surface area contributed by atoms with Gasteiger partial charge in [0.2, 0.25) is 0 Å². The zero-order valence-electron chi connectivity index (χ0n) is 10.6. The van der Waals surface area contributed by atoms with E-state index >= 15 is 0 Å². The van der Waals surface area contributed by atoms with Crippen molar-refractivity contribution >= 4 is 0 Å². The van der Waals surface area contributed by atoms with Crippen molar-refractivity contribution in [1.82, 2.24) is 5.32 Å². The Morgan fingerprint density at radius 2 is 2.19 bits per heavy atom. The molecular formula is C14H23NO. The van der Waals surface area contributed by atoms with Gasteiger partial charge in [0.25, 0.3) is 0 Å². The molecule has 1 aliphatic rings. The highest BCUT2D eigenvalue weighted by atomic mass is 16.3. The highest BCUT2D eigenvalue weighted by Gasteiger charge is 2.45. The van der Waals surface area contributed by atoms with E-state index in [-0.39, 0.29) is 0 Å². The summed E-state index contributed by atoms with van der Waals surface area (Å²) < 4.78 is 5.47. The van der Waals surface area contributed by atoms with Crippen molar-refractivity contribution in [3.05, 3.63) is 24.2 Å². The van der Waals surface area contributed by atoms with Crippen LogP contribution in [0.25, 0.3) is 0 Å². The predicted molar refractivity (Wildman–Crippen MR) is 66.2 cm³/mol. The van der Waals surface area contributed by atoms with E-state index < -0.39 is 0 Å². The van der Waals surface area contributed by atoms with Crippen LogP contribution in [0.15, 0.2) is 22.8 Å². The molecule has 1 N–H and O–H groups in total. The molecule has 0 amide bonds. The van der Waals surface area contributed by atoms with Gasteiger partial charge in [-0.05, 0) is 42.7 Å². The van der Waals surface area contributed by atoms with Crippen molar-refractivity contribution in [2.45, 2.75) is 46.1 Å². The van der Waals surface area contributed by atoms with E-state index in [1.165, 1.54) is 12.8 Å². The van der Waals surface area contributed by atoms with Gasteiger partial charge < -0.3 is 9.73 Å². The van der Waals surface area contributed by atoms with E-state index in [2.05, 4.69) is 32.2 Å². The van der Waals surface area contributed by atoms with Crippen molar-refractivity contribution in [2.24, 2.45) is 11.3 Å². The summed E-state index contributed by atoms with van der Waals surface area (Å²) in [5, 5.41) is 3.66. The minimum absolute atomic E-state index is 0.381. The van der Waals surface area contributed by atoms with Gasteiger partial charge in [0.05, 0.1) is 12.3 Å². The van der Waals surface area contributed by atoms with Gasteiger partial charge in [0.15, 0.2) is 0 Å². The monoisotopic (exact) mass is 221 g/mol. The van der Waals surface area contributed by atoms with E-state index in [4.69, 9.17) is 4.42 Å². The fraction of sp³-hybridized carbons (Fsp3) is 0.714. The molecule has 1 unspecified atom stereocenters. The Hall–Kier alpha value is -0.760. The van der Waals surface area contributed by atoms with Crippen molar-refractivity contribution < 1.29 is 4.42 Å². The fourth-order valence-electron chi connectivity index (χ4n) is 2.38. The number of furan rings is 1. The molecule has 90 valence electrons. The third-order valence-electron chi connectivity index (χ3n) is 4.11. The van der Waals surface area contributed by atoms with Gasteiger partial charge in [0, 0.05) is 6.54 Å². The van der Waals surface area contributed by atoms with Crippen LogP contribution in [-0.4, -0.2) is 6.54 Å². The topological polar surface area (TPSA) is 25.2 Å². The zero-order valence-corrected chi connectivity index (χ0v) is 10.6. The summed E-state index contributed by atoms with van der Waals surface area (Å²) in [5.74, 6) is 1.86. The van der Waals surface area contributed by atoms with Crippen molar-refractivity contribution in [3.63, 3.8) is 0 Å². The number of nitrogens with one attached hydrogen (secondary N) is 1. The summed E-state index contributed by atoms with van der Waals surface area (Å²) in [4.78, 5) is 0. The summed E-state index contributed by atoms with van der Waals surface area (Å²) in [5.41, 5.74) is 0.569. The Morgan fingerprint density at radius 3 is 2.62 bits per heavy atom. The first-order chi connectivity index (χ1) is 7.68. The van der Waals surface area contributed by atoms with Crippen molar-refractivity contribution in [2.75, 3.05) is 6.54 Å². The third-order valence-corrected chi connectivity index (χ3v) is 4.11. The lowest BCUT2D eigenvalue weighted by atomic mass is 9.92. The number of hydrogen-bond acceptors (Lipinski definition) is 2. The lowest BCUT2D eigenvalue weighted by Gasteiger charge is -2.23. The van der Waals surface area contributed by atoms with E-state index in [0.29, 0.717) is 11.5 Å². The highest BCUT2D eigenvalue weighted by molar-refractivity contribution is 5.05. The predicted octanol–water partition coefficient (Wildman–Crippen LogP) is 3.76. The molecule has 0 spiro atoms. The SMILES string of the molecule is CCC(NCC1(C(C)C)CC1)c1ccco1. The van der Waals surface area contributed by atoms with Gasteiger partial charge in [-0.15, -0.1) is 0 Å². The maximum absolute atomic E-state index is 5.47.